The van der Waals surface area contributed by atoms with Crippen molar-refractivity contribution in [1.29, 1.82) is 0 Å². The SMILES string of the molecule is CCOC(=O)COc1nc(-n2c(=O)cc(C(F)(F)F)n(C)c2=O)ccc1Oc1cc(-n2c(=O)cc(C(F)(F)F)n(C)c2=O)c(F)cc1Cl. The molecular weight excluding hydrogens is 691 g/mol. The molecule has 0 unspecified atom stereocenters. The van der Waals surface area contributed by atoms with Crippen LogP contribution in [0.4, 0.5) is 30.7 Å². The first-order chi connectivity index (χ1) is 22.3. The summed E-state index contributed by atoms with van der Waals surface area (Å²) in [6.07, 6.45) is -10.2. The topological polar surface area (TPSA) is 146 Å². The Bertz CT molecular complexity index is 2170. The lowest BCUT2D eigenvalue weighted by atomic mass is 10.2. The Morgan fingerprint density at radius 1 is 0.833 bits per heavy atom. The minimum absolute atomic E-state index is 0.0629. The van der Waals surface area contributed by atoms with E-state index in [9.17, 15) is 50.3 Å². The smallest absolute Gasteiger partial charge is 0.431 e. The normalized spacial score (nSPS) is 11.8. The van der Waals surface area contributed by atoms with Gasteiger partial charge in [0.25, 0.3) is 17.0 Å². The Morgan fingerprint density at radius 2 is 1.38 bits per heavy atom. The van der Waals surface area contributed by atoms with Gasteiger partial charge in [-0.15, -0.1) is 0 Å². The van der Waals surface area contributed by atoms with Gasteiger partial charge in [-0.1, -0.05) is 11.6 Å². The lowest BCUT2D eigenvalue weighted by Crippen LogP contribution is -2.41. The third kappa shape index (κ3) is 6.97. The van der Waals surface area contributed by atoms with E-state index < -0.39 is 98.5 Å². The first-order valence-corrected chi connectivity index (χ1v) is 13.4. The third-order valence-electron chi connectivity index (χ3n) is 6.36. The molecule has 3 heterocycles. The summed E-state index contributed by atoms with van der Waals surface area (Å²) < 4.78 is 111. The van der Waals surface area contributed by atoms with E-state index in [1.807, 2.05) is 0 Å². The number of ether oxygens (including phenoxy) is 3. The van der Waals surface area contributed by atoms with Crippen molar-refractivity contribution in [3.8, 4) is 28.9 Å². The van der Waals surface area contributed by atoms with E-state index >= 15 is 4.39 Å². The Balaban J connectivity index is 1.86. The van der Waals surface area contributed by atoms with Crippen LogP contribution >= 0.6 is 11.6 Å². The molecule has 0 saturated heterocycles. The van der Waals surface area contributed by atoms with Crippen molar-refractivity contribution in [2.75, 3.05) is 13.2 Å². The fraction of sp³-hybridized carbons (Fsp3) is 0.259. The molecular formula is C27H19ClF7N5O8. The van der Waals surface area contributed by atoms with E-state index in [2.05, 4.69) is 4.98 Å². The molecule has 1 aromatic carbocycles. The minimum atomic E-state index is -5.10. The number of carbonyl (C=O) groups is 1. The van der Waals surface area contributed by atoms with Gasteiger partial charge < -0.3 is 14.2 Å². The van der Waals surface area contributed by atoms with Gasteiger partial charge in [0.2, 0.25) is 0 Å². The maximum atomic E-state index is 15.0. The number of esters is 1. The van der Waals surface area contributed by atoms with E-state index in [0.717, 1.165) is 19.2 Å². The summed E-state index contributed by atoms with van der Waals surface area (Å²) in [5, 5.41) is -0.527. The predicted molar refractivity (Wildman–Crippen MR) is 150 cm³/mol. The molecule has 48 heavy (non-hydrogen) atoms. The summed E-state index contributed by atoms with van der Waals surface area (Å²) in [6, 6.07) is 3.30. The largest absolute Gasteiger partial charge is 0.463 e. The van der Waals surface area contributed by atoms with Crippen molar-refractivity contribution >= 4 is 17.6 Å². The molecule has 21 heteroatoms. The highest BCUT2D eigenvalue weighted by Crippen LogP contribution is 2.37. The fourth-order valence-electron chi connectivity index (χ4n) is 4.17. The second kappa shape index (κ2) is 13.0. The van der Waals surface area contributed by atoms with E-state index in [1.165, 1.54) is 6.92 Å². The van der Waals surface area contributed by atoms with Crippen molar-refractivity contribution in [3.05, 3.63) is 100 Å². The second-order valence-electron chi connectivity index (χ2n) is 9.49. The quantitative estimate of drug-likeness (QED) is 0.199. The summed E-state index contributed by atoms with van der Waals surface area (Å²) in [6.45, 7) is 0.536. The zero-order valence-corrected chi connectivity index (χ0v) is 25.2. The minimum Gasteiger partial charge on any atom is -0.463 e. The van der Waals surface area contributed by atoms with Crippen molar-refractivity contribution in [3.63, 3.8) is 0 Å². The van der Waals surface area contributed by atoms with Crippen molar-refractivity contribution in [2.24, 2.45) is 14.1 Å². The number of rotatable bonds is 8. The van der Waals surface area contributed by atoms with Crippen LogP contribution in [0.3, 0.4) is 0 Å². The molecule has 3 aromatic heterocycles. The predicted octanol–water partition coefficient (Wildman–Crippen LogP) is 3.35. The van der Waals surface area contributed by atoms with Gasteiger partial charge in [0.15, 0.2) is 12.4 Å². The molecule has 0 aliphatic heterocycles. The Morgan fingerprint density at radius 3 is 1.92 bits per heavy atom. The van der Waals surface area contributed by atoms with Crippen LogP contribution in [0, 0.1) is 5.82 Å². The van der Waals surface area contributed by atoms with Crippen molar-refractivity contribution < 1.29 is 49.7 Å². The zero-order chi connectivity index (χ0) is 35.9. The summed E-state index contributed by atoms with van der Waals surface area (Å²) in [5.41, 5.74) is -10.1. The fourth-order valence-corrected chi connectivity index (χ4v) is 4.36. The average molecular weight is 710 g/mol. The Kier molecular flexibility index (Phi) is 9.61. The van der Waals surface area contributed by atoms with Gasteiger partial charge in [-0.05, 0) is 25.1 Å². The van der Waals surface area contributed by atoms with Gasteiger partial charge in [-0.3, -0.25) is 18.7 Å². The molecule has 0 amide bonds. The molecule has 0 bridgehead atoms. The van der Waals surface area contributed by atoms with Crippen LogP contribution in [0.1, 0.15) is 18.3 Å². The number of halogens is 8. The second-order valence-corrected chi connectivity index (χ2v) is 9.89. The Hall–Kier alpha value is -5.40. The van der Waals surface area contributed by atoms with Gasteiger partial charge in [0.05, 0.1) is 17.3 Å². The van der Waals surface area contributed by atoms with E-state index in [4.69, 9.17) is 25.8 Å². The number of hydrogen-bond donors (Lipinski definition) is 0. The standard InChI is InChI=1S/C27H19ClF7N5O8/c1-4-46-22(43)11-47-23-15(5-6-19(36-23)40-21(42)10-18(27(33,34)35)38(3)25(40)45)48-16-8-14(13(29)7-12(16)28)39-20(41)9-17(26(30,31)32)37(2)24(39)44/h5-10H,4,11H2,1-3H3. The van der Waals surface area contributed by atoms with Crippen molar-refractivity contribution in [2.45, 2.75) is 19.3 Å². The number of hydrogen-bond acceptors (Lipinski definition) is 9. The van der Waals surface area contributed by atoms with E-state index in [-0.39, 0.29) is 37.0 Å². The van der Waals surface area contributed by atoms with Crippen molar-refractivity contribution in [1.82, 2.24) is 23.3 Å². The van der Waals surface area contributed by atoms with Gasteiger partial charge in [-0.25, -0.2) is 27.9 Å². The monoisotopic (exact) mass is 709 g/mol. The number of carbonyl (C=O) groups excluding carboxylic acids is 1. The highest BCUT2D eigenvalue weighted by atomic mass is 35.5. The highest BCUT2D eigenvalue weighted by Gasteiger charge is 2.36. The molecule has 0 fully saturated rings. The van der Waals surface area contributed by atoms with Crippen LogP contribution in [0.5, 0.6) is 17.4 Å². The average Bonchev–Trinajstić information content (AvgIpc) is 2.97. The molecule has 13 nitrogen and oxygen atoms in total. The molecule has 0 radical (unpaired) electrons. The number of nitrogens with zero attached hydrogens (tertiary/aromatic N) is 5. The first-order valence-electron chi connectivity index (χ1n) is 13.0. The van der Waals surface area contributed by atoms with Crippen LogP contribution in [-0.4, -0.2) is 42.4 Å². The zero-order valence-electron chi connectivity index (χ0n) is 24.4. The van der Waals surface area contributed by atoms with Crippen LogP contribution < -0.4 is 32.0 Å². The lowest BCUT2D eigenvalue weighted by molar-refractivity contribution is -0.146. The van der Waals surface area contributed by atoms with Crippen LogP contribution in [0.2, 0.25) is 5.02 Å². The summed E-state index contributed by atoms with van der Waals surface area (Å²) in [4.78, 5) is 66.5. The van der Waals surface area contributed by atoms with Gasteiger partial charge in [0, 0.05) is 32.3 Å². The highest BCUT2D eigenvalue weighted by molar-refractivity contribution is 6.32. The molecule has 0 N–H and O–H groups in total. The number of aromatic nitrogens is 5. The van der Waals surface area contributed by atoms with Gasteiger partial charge in [-0.2, -0.15) is 31.3 Å². The molecule has 0 aliphatic rings. The van der Waals surface area contributed by atoms with Crippen LogP contribution in [-0.2, 0) is 36.0 Å². The van der Waals surface area contributed by atoms with Gasteiger partial charge >= 0.3 is 29.7 Å². The van der Waals surface area contributed by atoms with Gasteiger partial charge in [0.1, 0.15) is 28.8 Å². The molecule has 0 saturated carbocycles. The number of pyridine rings is 1. The summed E-state index contributed by atoms with van der Waals surface area (Å²) in [5.74, 6) is -4.63. The molecule has 4 rings (SSSR count). The van der Waals surface area contributed by atoms with Crippen LogP contribution in [0.25, 0.3) is 11.5 Å². The summed E-state index contributed by atoms with van der Waals surface area (Å²) >= 11 is 6.09. The van der Waals surface area contributed by atoms with Crippen LogP contribution in [0.15, 0.2) is 55.6 Å². The molecule has 0 atom stereocenters. The third-order valence-corrected chi connectivity index (χ3v) is 6.65. The number of benzene rings is 1. The summed E-state index contributed by atoms with van der Waals surface area (Å²) in [7, 11) is 1.45. The first kappa shape index (κ1) is 35.5. The molecule has 256 valence electrons. The maximum absolute atomic E-state index is 15.0. The molecule has 0 spiro atoms. The Labute approximate surface area is 266 Å². The molecule has 4 aromatic rings. The number of alkyl halides is 6. The van der Waals surface area contributed by atoms with E-state index in [1.54, 1.807) is 0 Å². The lowest BCUT2D eigenvalue weighted by Gasteiger charge is -2.17. The van der Waals surface area contributed by atoms with E-state index in [0.29, 0.717) is 19.2 Å². The maximum Gasteiger partial charge on any atom is 0.431 e. The molecule has 0 aliphatic carbocycles.